The van der Waals surface area contributed by atoms with Crippen molar-refractivity contribution in [1.29, 1.82) is 0 Å². The molecule has 1 unspecified atom stereocenters. The van der Waals surface area contributed by atoms with Crippen LogP contribution in [0.3, 0.4) is 0 Å². The number of carbonyl (C=O) groups is 1. The van der Waals surface area contributed by atoms with E-state index in [4.69, 9.17) is 28.6 Å². The molecule has 1 atom stereocenters. The van der Waals surface area contributed by atoms with Crippen LogP contribution in [0.5, 0.6) is 0 Å². The second-order valence-electron chi connectivity index (χ2n) is 6.70. The van der Waals surface area contributed by atoms with E-state index in [2.05, 4.69) is 5.32 Å². The van der Waals surface area contributed by atoms with Crippen LogP contribution in [0.25, 0.3) is 0 Å². The Morgan fingerprint density at radius 2 is 1.92 bits per heavy atom. The summed E-state index contributed by atoms with van der Waals surface area (Å²) in [5, 5.41) is 3.28. The second-order valence-corrected chi connectivity index (χ2v) is 7.56. The minimum absolute atomic E-state index is 0.110. The van der Waals surface area contributed by atoms with Gasteiger partial charge in [0.25, 0.3) is 0 Å². The van der Waals surface area contributed by atoms with Gasteiger partial charge in [0.1, 0.15) is 5.82 Å². The molecule has 24 heavy (non-hydrogen) atoms. The first-order chi connectivity index (χ1) is 11.1. The maximum absolute atomic E-state index is 14.1. The van der Waals surface area contributed by atoms with Crippen LogP contribution in [0.15, 0.2) is 12.1 Å². The Kier molecular flexibility index (Phi) is 8.10. The monoisotopic (exact) mass is 373 g/mol. The van der Waals surface area contributed by atoms with Gasteiger partial charge < -0.3 is 10.1 Å². The molecule has 0 saturated heterocycles. The number of anilines is 1. The van der Waals surface area contributed by atoms with Gasteiger partial charge in [0.2, 0.25) is 5.91 Å². The summed E-state index contributed by atoms with van der Waals surface area (Å²) in [6.07, 6.45) is 0.295. The van der Waals surface area contributed by atoms with Crippen molar-refractivity contribution < 1.29 is 13.9 Å². The average molecular weight is 374 g/mol. The zero-order valence-electron chi connectivity index (χ0n) is 14.8. The molecular formula is C18H25ClFNO2S. The number of amides is 1. The lowest BCUT2D eigenvalue weighted by Gasteiger charge is -2.17. The molecule has 0 aliphatic rings. The SMILES string of the molecule is CC(C)COC(=S)Cc1cc(NC(=O)C(C)C(C)C)c(F)cc1Cl. The summed E-state index contributed by atoms with van der Waals surface area (Å²) in [5.74, 6) is -0.493. The average Bonchev–Trinajstić information content (AvgIpc) is 2.48. The van der Waals surface area contributed by atoms with Crippen molar-refractivity contribution in [1.82, 2.24) is 0 Å². The molecule has 0 aromatic heterocycles. The van der Waals surface area contributed by atoms with Crippen LogP contribution >= 0.6 is 23.8 Å². The Bertz CT molecular complexity index is 605. The molecule has 1 N–H and O–H groups in total. The molecule has 1 rings (SSSR count). The zero-order chi connectivity index (χ0) is 18.4. The molecular weight excluding hydrogens is 349 g/mol. The van der Waals surface area contributed by atoms with Crippen LogP contribution in [-0.2, 0) is 16.0 Å². The minimum atomic E-state index is -0.568. The van der Waals surface area contributed by atoms with Gasteiger partial charge in [0.15, 0.2) is 5.05 Å². The van der Waals surface area contributed by atoms with E-state index in [0.29, 0.717) is 29.6 Å². The van der Waals surface area contributed by atoms with E-state index < -0.39 is 5.82 Å². The standard InChI is InChI=1S/C18H25ClFNO2S/c1-10(2)9-23-17(24)7-13-6-16(15(20)8-14(13)19)21-18(22)12(5)11(3)4/h6,8,10-12H,7,9H2,1-5H3,(H,21,22). The van der Waals surface area contributed by atoms with E-state index in [-0.39, 0.29) is 28.5 Å². The summed E-state index contributed by atoms with van der Waals surface area (Å²) in [4.78, 5) is 12.1. The van der Waals surface area contributed by atoms with Crippen LogP contribution in [-0.4, -0.2) is 17.6 Å². The highest BCUT2D eigenvalue weighted by Crippen LogP contribution is 2.26. The number of halogens is 2. The third kappa shape index (κ3) is 6.36. The molecule has 0 aliphatic carbocycles. The summed E-state index contributed by atoms with van der Waals surface area (Å²) >= 11 is 11.3. The number of hydrogen-bond acceptors (Lipinski definition) is 3. The Hall–Kier alpha value is -1.20. The van der Waals surface area contributed by atoms with Gasteiger partial charge in [0, 0.05) is 17.4 Å². The smallest absolute Gasteiger partial charge is 0.227 e. The fourth-order valence-electron chi connectivity index (χ4n) is 1.84. The van der Waals surface area contributed by atoms with Crippen molar-refractivity contribution in [3.8, 4) is 0 Å². The maximum Gasteiger partial charge on any atom is 0.227 e. The molecule has 1 aromatic rings. The number of ether oxygens (including phenoxy) is 1. The second kappa shape index (κ2) is 9.33. The predicted molar refractivity (Wildman–Crippen MR) is 101 cm³/mol. The predicted octanol–water partition coefficient (Wildman–Crippen LogP) is 5.25. The quantitative estimate of drug-likeness (QED) is 0.663. The van der Waals surface area contributed by atoms with Gasteiger partial charge in [-0.1, -0.05) is 46.2 Å². The van der Waals surface area contributed by atoms with Crippen LogP contribution in [0.4, 0.5) is 10.1 Å². The molecule has 134 valence electrons. The van der Waals surface area contributed by atoms with Gasteiger partial charge in [-0.3, -0.25) is 4.79 Å². The largest absolute Gasteiger partial charge is 0.486 e. The van der Waals surface area contributed by atoms with E-state index in [1.54, 1.807) is 0 Å². The molecule has 1 amide bonds. The van der Waals surface area contributed by atoms with E-state index in [1.807, 2.05) is 34.6 Å². The third-order valence-electron chi connectivity index (χ3n) is 3.72. The maximum atomic E-state index is 14.1. The Morgan fingerprint density at radius 1 is 1.29 bits per heavy atom. The summed E-state index contributed by atoms with van der Waals surface area (Å²) < 4.78 is 19.6. The first-order valence-corrected chi connectivity index (χ1v) is 8.84. The summed E-state index contributed by atoms with van der Waals surface area (Å²) in [6.45, 7) is 10.3. The Morgan fingerprint density at radius 3 is 2.46 bits per heavy atom. The molecule has 3 nitrogen and oxygen atoms in total. The summed E-state index contributed by atoms with van der Waals surface area (Å²) in [5.41, 5.74) is 0.734. The molecule has 0 heterocycles. The number of carbonyl (C=O) groups excluding carboxylic acids is 1. The van der Waals surface area contributed by atoms with E-state index in [1.165, 1.54) is 12.1 Å². The molecule has 0 fully saturated rings. The van der Waals surface area contributed by atoms with Gasteiger partial charge in [-0.15, -0.1) is 0 Å². The Balaban J connectivity index is 2.89. The van der Waals surface area contributed by atoms with Crippen molar-refractivity contribution in [2.24, 2.45) is 17.8 Å². The van der Waals surface area contributed by atoms with Crippen LogP contribution in [0.1, 0.15) is 40.2 Å². The van der Waals surface area contributed by atoms with Gasteiger partial charge in [0.05, 0.1) is 12.3 Å². The van der Waals surface area contributed by atoms with E-state index in [9.17, 15) is 9.18 Å². The lowest BCUT2D eigenvalue weighted by molar-refractivity contribution is -0.120. The summed E-state index contributed by atoms with van der Waals surface area (Å²) in [6, 6.07) is 2.71. The van der Waals surface area contributed by atoms with Gasteiger partial charge in [-0.05, 0) is 41.7 Å². The van der Waals surface area contributed by atoms with Crippen LogP contribution in [0.2, 0.25) is 5.02 Å². The molecule has 1 aromatic carbocycles. The fraction of sp³-hybridized carbons (Fsp3) is 0.556. The molecule has 0 bridgehead atoms. The van der Waals surface area contributed by atoms with E-state index in [0.717, 1.165) is 0 Å². The number of thiocarbonyl (C=S) groups is 1. The third-order valence-corrected chi connectivity index (χ3v) is 4.33. The molecule has 0 aliphatic heterocycles. The molecule has 6 heteroatoms. The fourth-order valence-corrected chi connectivity index (χ4v) is 2.28. The lowest BCUT2D eigenvalue weighted by atomic mass is 9.97. The normalized spacial score (nSPS) is 12.4. The van der Waals surface area contributed by atoms with Gasteiger partial charge in [-0.25, -0.2) is 4.39 Å². The van der Waals surface area contributed by atoms with Crippen molar-refractivity contribution in [2.45, 2.75) is 41.0 Å². The molecule has 0 saturated carbocycles. The first kappa shape index (κ1) is 20.8. The minimum Gasteiger partial charge on any atom is -0.486 e. The van der Waals surface area contributed by atoms with Crippen molar-refractivity contribution in [3.05, 3.63) is 28.5 Å². The van der Waals surface area contributed by atoms with Crippen LogP contribution in [0, 0.1) is 23.6 Å². The Labute approximate surface area is 153 Å². The number of nitrogens with one attached hydrogen (secondary N) is 1. The molecule has 0 radical (unpaired) electrons. The lowest BCUT2D eigenvalue weighted by Crippen LogP contribution is -2.25. The summed E-state index contributed by atoms with van der Waals surface area (Å²) in [7, 11) is 0. The highest BCUT2D eigenvalue weighted by molar-refractivity contribution is 7.80. The first-order valence-electron chi connectivity index (χ1n) is 8.06. The zero-order valence-corrected chi connectivity index (χ0v) is 16.4. The number of benzene rings is 1. The van der Waals surface area contributed by atoms with Crippen molar-refractivity contribution >= 4 is 40.5 Å². The molecule has 0 spiro atoms. The topological polar surface area (TPSA) is 38.3 Å². The highest BCUT2D eigenvalue weighted by Gasteiger charge is 2.19. The van der Waals surface area contributed by atoms with E-state index >= 15 is 0 Å². The van der Waals surface area contributed by atoms with Gasteiger partial charge in [-0.2, -0.15) is 0 Å². The van der Waals surface area contributed by atoms with Gasteiger partial charge >= 0.3 is 0 Å². The van der Waals surface area contributed by atoms with Crippen molar-refractivity contribution in [3.63, 3.8) is 0 Å². The highest BCUT2D eigenvalue weighted by atomic mass is 35.5. The van der Waals surface area contributed by atoms with Crippen LogP contribution < -0.4 is 5.32 Å². The number of hydrogen-bond donors (Lipinski definition) is 1. The number of rotatable bonds is 7. The van der Waals surface area contributed by atoms with Crippen molar-refractivity contribution in [2.75, 3.05) is 11.9 Å².